The van der Waals surface area contributed by atoms with Crippen LogP contribution in [0.25, 0.3) is 0 Å². The summed E-state index contributed by atoms with van der Waals surface area (Å²) >= 11 is 0. The second kappa shape index (κ2) is 6.25. The van der Waals surface area contributed by atoms with Crippen LogP contribution in [0.15, 0.2) is 12.1 Å². The van der Waals surface area contributed by atoms with Crippen LogP contribution in [0, 0.1) is 17.5 Å². The smallest absolute Gasteiger partial charge is 0.194 e. The molecule has 2 N–H and O–H groups in total. The zero-order valence-corrected chi connectivity index (χ0v) is 10.5. The second-order valence-electron chi connectivity index (χ2n) is 4.80. The van der Waals surface area contributed by atoms with Crippen molar-refractivity contribution < 1.29 is 18.3 Å². The van der Waals surface area contributed by atoms with Gasteiger partial charge in [-0.3, -0.25) is 0 Å². The predicted octanol–water partition coefficient (Wildman–Crippen LogP) is 1.97. The minimum atomic E-state index is -1.48. The Kier molecular flexibility index (Phi) is 4.66. The minimum absolute atomic E-state index is 0.122. The zero-order chi connectivity index (χ0) is 13.8. The Labute approximate surface area is 110 Å². The van der Waals surface area contributed by atoms with Crippen molar-refractivity contribution in [2.24, 2.45) is 0 Å². The molecule has 1 fully saturated rings. The van der Waals surface area contributed by atoms with E-state index in [9.17, 15) is 18.3 Å². The van der Waals surface area contributed by atoms with E-state index in [2.05, 4.69) is 10.2 Å². The number of halogens is 3. The summed E-state index contributed by atoms with van der Waals surface area (Å²) in [5.74, 6) is -3.96. The fourth-order valence-corrected chi connectivity index (χ4v) is 2.22. The van der Waals surface area contributed by atoms with E-state index in [1.165, 1.54) is 0 Å². The van der Waals surface area contributed by atoms with Gasteiger partial charge in [0.1, 0.15) is 0 Å². The number of benzene rings is 1. The SMILES string of the molecule is OC(CNc1cc(F)c(F)c(F)c1)CN1CCCC1. The summed E-state index contributed by atoms with van der Waals surface area (Å²) in [6, 6.07) is 1.75. The lowest BCUT2D eigenvalue weighted by Crippen LogP contribution is -2.34. The van der Waals surface area contributed by atoms with Gasteiger partial charge >= 0.3 is 0 Å². The Morgan fingerprint density at radius 3 is 2.32 bits per heavy atom. The van der Waals surface area contributed by atoms with Crippen molar-refractivity contribution in [1.29, 1.82) is 0 Å². The molecule has 19 heavy (non-hydrogen) atoms. The summed E-state index contributed by atoms with van der Waals surface area (Å²) in [5.41, 5.74) is 0.122. The van der Waals surface area contributed by atoms with Crippen LogP contribution in [0.3, 0.4) is 0 Å². The molecule has 1 aliphatic rings. The standard InChI is InChI=1S/C13H17F3N2O/c14-11-5-9(6-12(15)13(11)16)17-7-10(19)8-18-3-1-2-4-18/h5-6,10,17,19H,1-4,7-8H2. The first-order valence-corrected chi connectivity index (χ1v) is 6.35. The van der Waals surface area contributed by atoms with E-state index in [1.54, 1.807) is 0 Å². The maximum Gasteiger partial charge on any atom is 0.194 e. The number of aliphatic hydroxyl groups is 1. The lowest BCUT2D eigenvalue weighted by atomic mass is 10.2. The van der Waals surface area contributed by atoms with Crippen molar-refractivity contribution in [3.05, 3.63) is 29.6 Å². The first kappa shape index (κ1) is 14.1. The molecule has 0 amide bonds. The van der Waals surface area contributed by atoms with Gasteiger partial charge in [0.05, 0.1) is 6.10 Å². The highest BCUT2D eigenvalue weighted by Gasteiger charge is 2.16. The highest BCUT2D eigenvalue weighted by Crippen LogP contribution is 2.17. The molecule has 0 saturated carbocycles. The molecule has 1 heterocycles. The number of likely N-dealkylation sites (tertiary alicyclic amines) is 1. The van der Waals surface area contributed by atoms with Crippen molar-refractivity contribution in [2.45, 2.75) is 18.9 Å². The van der Waals surface area contributed by atoms with Gasteiger partial charge < -0.3 is 15.3 Å². The zero-order valence-electron chi connectivity index (χ0n) is 10.5. The number of β-amino-alcohol motifs (C(OH)–C–C–N with tert-alkyl or cyclic N) is 1. The molecule has 1 unspecified atom stereocenters. The first-order chi connectivity index (χ1) is 9.06. The summed E-state index contributed by atoms with van der Waals surface area (Å²) in [6.45, 7) is 2.63. The maximum absolute atomic E-state index is 13.0. The van der Waals surface area contributed by atoms with Gasteiger partial charge in [0, 0.05) is 30.9 Å². The Balaban J connectivity index is 1.84. The number of nitrogens with zero attached hydrogens (tertiary/aromatic N) is 1. The molecule has 0 aromatic heterocycles. The van der Waals surface area contributed by atoms with E-state index in [-0.39, 0.29) is 12.2 Å². The van der Waals surface area contributed by atoms with E-state index in [4.69, 9.17) is 0 Å². The second-order valence-corrected chi connectivity index (χ2v) is 4.80. The molecule has 3 nitrogen and oxygen atoms in total. The molecule has 1 atom stereocenters. The van der Waals surface area contributed by atoms with Crippen LogP contribution >= 0.6 is 0 Å². The van der Waals surface area contributed by atoms with Gasteiger partial charge in [0.15, 0.2) is 17.5 Å². The lowest BCUT2D eigenvalue weighted by molar-refractivity contribution is 0.135. The van der Waals surface area contributed by atoms with Crippen molar-refractivity contribution >= 4 is 5.69 Å². The lowest BCUT2D eigenvalue weighted by Gasteiger charge is -2.20. The summed E-state index contributed by atoms with van der Waals surface area (Å²) < 4.78 is 38.7. The number of hydrogen-bond acceptors (Lipinski definition) is 3. The number of hydrogen-bond donors (Lipinski definition) is 2. The third kappa shape index (κ3) is 3.84. The molecule has 0 aliphatic carbocycles. The molecule has 0 bridgehead atoms. The van der Waals surface area contributed by atoms with Crippen molar-refractivity contribution in [1.82, 2.24) is 4.90 Å². The number of aliphatic hydroxyl groups excluding tert-OH is 1. The summed E-state index contributed by atoms with van der Waals surface area (Å²) in [6.07, 6.45) is 1.64. The Morgan fingerprint density at radius 1 is 1.16 bits per heavy atom. The van der Waals surface area contributed by atoms with Crippen LogP contribution in [0.5, 0.6) is 0 Å². The van der Waals surface area contributed by atoms with Gasteiger partial charge in [0.2, 0.25) is 0 Å². The van der Waals surface area contributed by atoms with Crippen LogP contribution in [0.1, 0.15) is 12.8 Å². The molecule has 106 valence electrons. The van der Waals surface area contributed by atoms with Gasteiger partial charge in [-0.1, -0.05) is 0 Å². The Bertz CT molecular complexity index is 413. The van der Waals surface area contributed by atoms with Crippen molar-refractivity contribution in [3.63, 3.8) is 0 Å². The molecule has 2 rings (SSSR count). The minimum Gasteiger partial charge on any atom is -0.390 e. The topological polar surface area (TPSA) is 35.5 Å². The highest BCUT2D eigenvalue weighted by atomic mass is 19.2. The maximum atomic E-state index is 13.0. The molecule has 1 saturated heterocycles. The predicted molar refractivity (Wildman–Crippen MR) is 66.5 cm³/mol. The van der Waals surface area contributed by atoms with Crippen molar-refractivity contribution in [3.8, 4) is 0 Å². The number of nitrogens with one attached hydrogen (secondary N) is 1. The normalized spacial score (nSPS) is 17.7. The number of rotatable bonds is 5. The quantitative estimate of drug-likeness (QED) is 0.806. The van der Waals surface area contributed by atoms with E-state index in [0.717, 1.165) is 38.1 Å². The molecule has 1 aliphatic heterocycles. The fraction of sp³-hybridized carbons (Fsp3) is 0.538. The van der Waals surface area contributed by atoms with E-state index < -0.39 is 23.6 Å². The first-order valence-electron chi connectivity index (χ1n) is 6.35. The van der Waals surface area contributed by atoms with E-state index >= 15 is 0 Å². The highest BCUT2D eigenvalue weighted by molar-refractivity contribution is 5.44. The molecule has 6 heteroatoms. The average molecular weight is 274 g/mol. The third-order valence-electron chi connectivity index (χ3n) is 3.19. The van der Waals surface area contributed by atoms with Crippen LogP contribution in [0.4, 0.5) is 18.9 Å². The van der Waals surface area contributed by atoms with Crippen LogP contribution < -0.4 is 5.32 Å². The van der Waals surface area contributed by atoms with Gasteiger partial charge in [-0.2, -0.15) is 0 Å². The van der Waals surface area contributed by atoms with Crippen LogP contribution in [-0.2, 0) is 0 Å². The summed E-state index contributed by atoms with van der Waals surface area (Å²) in [4.78, 5) is 2.14. The summed E-state index contributed by atoms with van der Waals surface area (Å²) in [5, 5.41) is 12.5. The van der Waals surface area contributed by atoms with Gasteiger partial charge in [-0.15, -0.1) is 0 Å². The third-order valence-corrected chi connectivity index (χ3v) is 3.19. The molecular weight excluding hydrogens is 257 g/mol. The monoisotopic (exact) mass is 274 g/mol. The van der Waals surface area contributed by atoms with E-state index in [0.29, 0.717) is 6.54 Å². The molecule has 1 aromatic carbocycles. The Morgan fingerprint density at radius 2 is 1.74 bits per heavy atom. The number of anilines is 1. The summed E-state index contributed by atoms with van der Waals surface area (Å²) in [7, 11) is 0. The van der Waals surface area contributed by atoms with Crippen LogP contribution in [0.2, 0.25) is 0 Å². The van der Waals surface area contributed by atoms with Gasteiger partial charge in [-0.25, -0.2) is 13.2 Å². The molecular formula is C13H17F3N2O. The fourth-order valence-electron chi connectivity index (χ4n) is 2.22. The van der Waals surface area contributed by atoms with Crippen molar-refractivity contribution in [2.75, 3.05) is 31.5 Å². The molecule has 1 aromatic rings. The van der Waals surface area contributed by atoms with Gasteiger partial charge in [0.25, 0.3) is 0 Å². The van der Waals surface area contributed by atoms with E-state index in [1.807, 2.05) is 0 Å². The molecule has 0 spiro atoms. The van der Waals surface area contributed by atoms with Crippen LogP contribution in [-0.4, -0.2) is 42.3 Å². The molecule has 0 radical (unpaired) electrons. The largest absolute Gasteiger partial charge is 0.390 e. The average Bonchev–Trinajstić information content (AvgIpc) is 2.86. The Hall–Kier alpha value is -1.27. The van der Waals surface area contributed by atoms with Gasteiger partial charge in [-0.05, 0) is 25.9 Å².